The van der Waals surface area contributed by atoms with E-state index < -0.39 is 0 Å². The van der Waals surface area contributed by atoms with E-state index in [9.17, 15) is 0 Å². The maximum atomic E-state index is 5.49. The first-order valence-corrected chi connectivity index (χ1v) is 5.71. The van der Waals surface area contributed by atoms with Gasteiger partial charge in [-0.15, -0.1) is 0 Å². The van der Waals surface area contributed by atoms with Crippen LogP contribution >= 0.6 is 0 Å². The number of aromatic nitrogens is 2. The minimum Gasteiger partial charge on any atom is -0.444 e. The number of oxazole rings is 1. The highest BCUT2D eigenvalue weighted by molar-refractivity contribution is 5.17. The molecule has 0 aromatic carbocycles. The van der Waals surface area contributed by atoms with E-state index in [2.05, 4.69) is 28.3 Å². The highest BCUT2D eigenvalue weighted by atomic mass is 16.4. The molecule has 2 heterocycles. The van der Waals surface area contributed by atoms with Crippen LogP contribution in [0.15, 0.2) is 22.7 Å². The molecule has 4 heteroatoms. The normalized spacial score (nSPS) is 10.8. The van der Waals surface area contributed by atoms with E-state index in [1.165, 1.54) is 5.56 Å². The second-order valence-corrected chi connectivity index (χ2v) is 4.12. The summed E-state index contributed by atoms with van der Waals surface area (Å²) in [5.74, 6) is 1.62. The van der Waals surface area contributed by atoms with Crippen molar-refractivity contribution in [1.82, 2.24) is 15.3 Å². The molecule has 2 aromatic rings. The van der Waals surface area contributed by atoms with E-state index in [1.54, 1.807) is 0 Å². The molecular weight excluding hydrogens is 214 g/mol. The number of nitrogens with one attached hydrogen (secondary N) is 1. The van der Waals surface area contributed by atoms with Crippen molar-refractivity contribution >= 4 is 0 Å². The highest BCUT2D eigenvalue weighted by Crippen LogP contribution is 2.08. The highest BCUT2D eigenvalue weighted by Gasteiger charge is 2.05. The van der Waals surface area contributed by atoms with Crippen molar-refractivity contribution in [3.8, 4) is 0 Å². The molecule has 0 bridgehead atoms. The predicted molar refractivity (Wildman–Crippen MR) is 65.5 cm³/mol. The van der Waals surface area contributed by atoms with Crippen molar-refractivity contribution < 1.29 is 4.42 Å². The Labute approximate surface area is 101 Å². The molecule has 0 atom stereocenters. The molecular formula is C13H17N3O. The van der Waals surface area contributed by atoms with Gasteiger partial charge in [0.1, 0.15) is 5.76 Å². The third-order valence-electron chi connectivity index (χ3n) is 2.76. The van der Waals surface area contributed by atoms with Gasteiger partial charge in [0, 0.05) is 12.7 Å². The number of hydrogen-bond acceptors (Lipinski definition) is 4. The van der Waals surface area contributed by atoms with Gasteiger partial charge in [-0.25, -0.2) is 4.98 Å². The molecule has 90 valence electrons. The number of aryl methyl sites for hydroxylation is 3. The Morgan fingerprint density at radius 3 is 2.71 bits per heavy atom. The number of rotatable bonds is 4. The van der Waals surface area contributed by atoms with Gasteiger partial charge in [-0.2, -0.15) is 0 Å². The molecule has 2 rings (SSSR count). The molecule has 0 unspecified atom stereocenters. The molecule has 0 aliphatic heterocycles. The SMILES string of the molecule is Cc1cccnc1CNCc1nc(C)c(C)o1. The lowest BCUT2D eigenvalue weighted by molar-refractivity contribution is 0.447. The van der Waals surface area contributed by atoms with Gasteiger partial charge in [-0.3, -0.25) is 4.98 Å². The van der Waals surface area contributed by atoms with Crippen LogP contribution < -0.4 is 5.32 Å². The zero-order valence-corrected chi connectivity index (χ0v) is 10.4. The molecule has 0 aliphatic carbocycles. The first-order valence-electron chi connectivity index (χ1n) is 5.71. The summed E-state index contributed by atoms with van der Waals surface area (Å²) >= 11 is 0. The molecule has 17 heavy (non-hydrogen) atoms. The third-order valence-corrected chi connectivity index (χ3v) is 2.76. The predicted octanol–water partition coefficient (Wildman–Crippen LogP) is 2.28. The Hall–Kier alpha value is -1.68. The average Bonchev–Trinajstić information content (AvgIpc) is 2.61. The summed E-state index contributed by atoms with van der Waals surface area (Å²) in [6, 6.07) is 4.00. The van der Waals surface area contributed by atoms with E-state index >= 15 is 0 Å². The van der Waals surface area contributed by atoms with Gasteiger partial charge in [-0.05, 0) is 32.4 Å². The Morgan fingerprint density at radius 2 is 2.06 bits per heavy atom. The summed E-state index contributed by atoms with van der Waals surface area (Å²) in [5, 5.41) is 3.28. The number of hydrogen-bond donors (Lipinski definition) is 1. The topological polar surface area (TPSA) is 51.0 Å². The van der Waals surface area contributed by atoms with E-state index in [4.69, 9.17) is 4.42 Å². The fourth-order valence-electron chi connectivity index (χ4n) is 1.61. The van der Waals surface area contributed by atoms with Gasteiger partial charge >= 0.3 is 0 Å². The Kier molecular flexibility index (Phi) is 3.54. The van der Waals surface area contributed by atoms with Gasteiger partial charge in [0.15, 0.2) is 0 Å². The molecule has 0 amide bonds. The Balaban J connectivity index is 1.90. The number of pyridine rings is 1. The fourth-order valence-corrected chi connectivity index (χ4v) is 1.61. The zero-order chi connectivity index (χ0) is 12.3. The third kappa shape index (κ3) is 2.91. The minimum atomic E-state index is 0.630. The molecule has 4 nitrogen and oxygen atoms in total. The van der Waals surface area contributed by atoms with Crippen molar-refractivity contribution in [2.45, 2.75) is 33.9 Å². The van der Waals surface area contributed by atoms with E-state index in [-0.39, 0.29) is 0 Å². The maximum Gasteiger partial charge on any atom is 0.208 e. The van der Waals surface area contributed by atoms with Crippen LogP contribution in [0.4, 0.5) is 0 Å². The molecule has 2 aromatic heterocycles. The van der Waals surface area contributed by atoms with Crippen LogP contribution in [0, 0.1) is 20.8 Å². The van der Waals surface area contributed by atoms with Crippen LogP contribution in [-0.4, -0.2) is 9.97 Å². The summed E-state index contributed by atoms with van der Waals surface area (Å²) in [4.78, 5) is 8.63. The molecule has 0 saturated heterocycles. The van der Waals surface area contributed by atoms with Gasteiger partial charge in [0.05, 0.1) is 17.9 Å². The molecule has 0 fully saturated rings. The van der Waals surface area contributed by atoms with Crippen molar-refractivity contribution in [2.75, 3.05) is 0 Å². The first kappa shape index (κ1) is 11.8. The molecule has 0 spiro atoms. The lowest BCUT2D eigenvalue weighted by Gasteiger charge is -2.04. The average molecular weight is 231 g/mol. The van der Waals surface area contributed by atoms with Gasteiger partial charge < -0.3 is 9.73 Å². The molecule has 0 saturated carbocycles. The van der Waals surface area contributed by atoms with Crippen LogP contribution in [0.5, 0.6) is 0 Å². The van der Waals surface area contributed by atoms with E-state index in [0.29, 0.717) is 6.54 Å². The van der Waals surface area contributed by atoms with E-state index in [1.807, 2.05) is 26.1 Å². The Morgan fingerprint density at radius 1 is 1.24 bits per heavy atom. The second-order valence-electron chi connectivity index (χ2n) is 4.12. The zero-order valence-electron chi connectivity index (χ0n) is 10.4. The molecule has 0 radical (unpaired) electrons. The van der Waals surface area contributed by atoms with Crippen LogP contribution in [0.1, 0.15) is 28.6 Å². The summed E-state index contributed by atoms with van der Waals surface area (Å²) in [6.07, 6.45) is 1.81. The largest absolute Gasteiger partial charge is 0.444 e. The number of nitrogens with zero attached hydrogens (tertiary/aromatic N) is 2. The minimum absolute atomic E-state index is 0.630. The fraction of sp³-hybridized carbons (Fsp3) is 0.385. The van der Waals surface area contributed by atoms with Crippen molar-refractivity contribution in [3.63, 3.8) is 0 Å². The van der Waals surface area contributed by atoms with Crippen LogP contribution in [0.25, 0.3) is 0 Å². The molecule has 0 aliphatic rings. The quantitative estimate of drug-likeness (QED) is 0.877. The summed E-state index contributed by atoms with van der Waals surface area (Å²) in [6.45, 7) is 7.29. The van der Waals surface area contributed by atoms with Gasteiger partial charge in [0.25, 0.3) is 0 Å². The van der Waals surface area contributed by atoms with Crippen molar-refractivity contribution in [1.29, 1.82) is 0 Å². The van der Waals surface area contributed by atoms with Crippen LogP contribution in [-0.2, 0) is 13.1 Å². The van der Waals surface area contributed by atoms with Gasteiger partial charge in [0.2, 0.25) is 5.89 Å². The second kappa shape index (κ2) is 5.10. The lowest BCUT2D eigenvalue weighted by Crippen LogP contribution is -2.14. The maximum absolute atomic E-state index is 5.49. The molecule has 1 N–H and O–H groups in total. The van der Waals surface area contributed by atoms with Crippen LogP contribution in [0.3, 0.4) is 0 Å². The summed E-state index contributed by atoms with van der Waals surface area (Å²) in [5.41, 5.74) is 3.21. The summed E-state index contributed by atoms with van der Waals surface area (Å²) in [7, 11) is 0. The monoisotopic (exact) mass is 231 g/mol. The smallest absolute Gasteiger partial charge is 0.208 e. The van der Waals surface area contributed by atoms with Crippen LogP contribution in [0.2, 0.25) is 0 Å². The summed E-state index contributed by atoms with van der Waals surface area (Å²) < 4.78 is 5.49. The van der Waals surface area contributed by atoms with Gasteiger partial charge in [-0.1, -0.05) is 6.07 Å². The van der Waals surface area contributed by atoms with Crippen molar-refractivity contribution in [3.05, 3.63) is 46.9 Å². The first-order chi connectivity index (χ1) is 8.16. The standard InChI is InChI=1S/C13H17N3O/c1-9-5-4-6-15-12(9)7-14-8-13-16-10(2)11(3)17-13/h4-6,14H,7-8H2,1-3H3. The van der Waals surface area contributed by atoms with Crippen molar-refractivity contribution in [2.24, 2.45) is 0 Å². The van der Waals surface area contributed by atoms with E-state index in [0.717, 1.165) is 29.6 Å². The lowest BCUT2D eigenvalue weighted by atomic mass is 10.2. The Bertz CT molecular complexity index is 486.